The molecule has 1 N–H and O–H groups in total. The van der Waals surface area contributed by atoms with Crippen LogP contribution in [0.3, 0.4) is 0 Å². The Labute approximate surface area is 144 Å². The van der Waals surface area contributed by atoms with Gasteiger partial charge >= 0.3 is 0 Å². The number of amides is 2. The number of benzene rings is 2. The second-order valence-electron chi connectivity index (χ2n) is 6.16. The molecule has 1 aliphatic heterocycles. The summed E-state index contributed by atoms with van der Waals surface area (Å²) in [6, 6.07) is 12.5. The highest BCUT2D eigenvalue weighted by atomic mass is 19.1. The lowest BCUT2D eigenvalue weighted by Crippen LogP contribution is -2.31. The van der Waals surface area contributed by atoms with Gasteiger partial charge in [0.1, 0.15) is 11.6 Å². The number of hydrogen-bond acceptors (Lipinski definition) is 2. The van der Waals surface area contributed by atoms with E-state index < -0.39 is 17.5 Å². The summed E-state index contributed by atoms with van der Waals surface area (Å²) >= 11 is 0. The van der Waals surface area contributed by atoms with E-state index in [0.29, 0.717) is 25.6 Å². The van der Waals surface area contributed by atoms with Gasteiger partial charge in [0, 0.05) is 38.0 Å². The third kappa shape index (κ3) is 4.21. The fraction of sp³-hybridized carbons (Fsp3) is 0.263. The van der Waals surface area contributed by atoms with Gasteiger partial charge < -0.3 is 10.2 Å². The van der Waals surface area contributed by atoms with Crippen molar-refractivity contribution < 1.29 is 18.4 Å². The monoisotopic (exact) mass is 344 g/mol. The van der Waals surface area contributed by atoms with Gasteiger partial charge in [-0.15, -0.1) is 0 Å². The Morgan fingerprint density at radius 2 is 1.92 bits per heavy atom. The Hall–Kier alpha value is -2.76. The van der Waals surface area contributed by atoms with Crippen molar-refractivity contribution in [2.24, 2.45) is 5.92 Å². The van der Waals surface area contributed by atoms with Crippen LogP contribution in [0.15, 0.2) is 48.5 Å². The molecule has 6 heteroatoms. The van der Waals surface area contributed by atoms with Crippen LogP contribution < -0.4 is 5.32 Å². The first-order valence-electron chi connectivity index (χ1n) is 8.08. The van der Waals surface area contributed by atoms with E-state index in [9.17, 15) is 18.4 Å². The van der Waals surface area contributed by atoms with E-state index in [2.05, 4.69) is 5.32 Å². The van der Waals surface area contributed by atoms with E-state index in [1.54, 1.807) is 4.90 Å². The summed E-state index contributed by atoms with van der Waals surface area (Å²) in [6.07, 6.45) is 0.346. The van der Waals surface area contributed by atoms with Crippen molar-refractivity contribution in [2.45, 2.75) is 13.0 Å². The normalized spacial score (nSPS) is 17.0. The lowest BCUT2D eigenvalue weighted by atomic mass is 10.1. The molecule has 2 aromatic rings. The summed E-state index contributed by atoms with van der Waals surface area (Å²) in [6.45, 7) is 1.35. The molecule has 1 saturated heterocycles. The van der Waals surface area contributed by atoms with E-state index in [-0.39, 0.29) is 23.9 Å². The maximum absolute atomic E-state index is 13.6. The predicted molar refractivity (Wildman–Crippen MR) is 88.7 cm³/mol. The highest BCUT2D eigenvalue weighted by Crippen LogP contribution is 2.20. The van der Waals surface area contributed by atoms with Crippen LogP contribution in [0, 0.1) is 17.6 Å². The maximum atomic E-state index is 13.6. The summed E-state index contributed by atoms with van der Waals surface area (Å²) in [5.74, 6) is -2.22. The van der Waals surface area contributed by atoms with Crippen LogP contribution in [0.2, 0.25) is 0 Å². The van der Waals surface area contributed by atoms with E-state index in [0.717, 1.165) is 17.7 Å². The van der Waals surface area contributed by atoms with Crippen molar-refractivity contribution in [2.75, 3.05) is 13.1 Å². The zero-order valence-electron chi connectivity index (χ0n) is 13.5. The molecule has 1 aliphatic rings. The average molecular weight is 344 g/mol. The summed E-state index contributed by atoms with van der Waals surface area (Å²) in [7, 11) is 0. The average Bonchev–Trinajstić information content (AvgIpc) is 2.93. The number of carbonyl (C=O) groups excluding carboxylic acids is 2. The summed E-state index contributed by atoms with van der Waals surface area (Å²) in [4.78, 5) is 25.9. The zero-order chi connectivity index (χ0) is 17.8. The SMILES string of the molecule is O=C(NCC1CC(=O)N(Cc2ccccc2)C1)c1ccc(F)cc1F. The van der Waals surface area contributed by atoms with Gasteiger partial charge in [-0.1, -0.05) is 30.3 Å². The van der Waals surface area contributed by atoms with Crippen molar-refractivity contribution in [1.29, 1.82) is 0 Å². The van der Waals surface area contributed by atoms with Crippen LogP contribution in [-0.2, 0) is 11.3 Å². The molecule has 1 fully saturated rings. The molecule has 0 bridgehead atoms. The molecule has 3 rings (SSSR count). The predicted octanol–water partition coefficient (Wildman–Crippen LogP) is 2.74. The molecule has 0 aliphatic carbocycles. The standard InChI is InChI=1S/C19H18F2N2O2/c20-15-6-7-16(17(21)9-15)19(25)22-10-14-8-18(24)23(12-14)11-13-4-2-1-3-5-13/h1-7,9,14H,8,10-12H2,(H,22,25). The zero-order valence-corrected chi connectivity index (χ0v) is 13.5. The van der Waals surface area contributed by atoms with Crippen LogP contribution >= 0.6 is 0 Å². The fourth-order valence-electron chi connectivity index (χ4n) is 2.95. The molecule has 2 amide bonds. The van der Waals surface area contributed by atoms with Crippen molar-refractivity contribution >= 4 is 11.8 Å². The second kappa shape index (κ2) is 7.42. The number of halogens is 2. The Bertz CT molecular complexity index is 780. The molecular formula is C19H18F2N2O2. The number of rotatable bonds is 5. The third-order valence-corrected chi connectivity index (χ3v) is 4.24. The first-order chi connectivity index (χ1) is 12.0. The molecule has 2 aromatic carbocycles. The largest absolute Gasteiger partial charge is 0.352 e. The van der Waals surface area contributed by atoms with Gasteiger partial charge in [-0.25, -0.2) is 8.78 Å². The number of nitrogens with zero attached hydrogens (tertiary/aromatic N) is 1. The topological polar surface area (TPSA) is 49.4 Å². The third-order valence-electron chi connectivity index (χ3n) is 4.24. The van der Waals surface area contributed by atoms with Crippen LogP contribution in [-0.4, -0.2) is 29.8 Å². The van der Waals surface area contributed by atoms with E-state index in [4.69, 9.17) is 0 Å². The van der Waals surface area contributed by atoms with Crippen molar-refractivity contribution in [3.05, 3.63) is 71.3 Å². The van der Waals surface area contributed by atoms with Gasteiger partial charge in [-0.05, 0) is 17.7 Å². The second-order valence-corrected chi connectivity index (χ2v) is 6.16. The molecule has 25 heavy (non-hydrogen) atoms. The number of likely N-dealkylation sites (tertiary alicyclic amines) is 1. The van der Waals surface area contributed by atoms with Crippen LogP contribution in [0.4, 0.5) is 8.78 Å². The maximum Gasteiger partial charge on any atom is 0.254 e. The van der Waals surface area contributed by atoms with Crippen molar-refractivity contribution in [3.63, 3.8) is 0 Å². The molecule has 1 atom stereocenters. The Kier molecular flexibility index (Phi) is 5.07. The molecule has 0 saturated carbocycles. The Morgan fingerprint density at radius 1 is 1.16 bits per heavy atom. The minimum Gasteiger partial charge on any atom is -0.352 e. The lowest BCUT2D eigenvalue weighted by molar-refractivity contribution is -0.128. The van der Waals surface area contributed by atoms with E-state index in [1.165, 1.54) is 0 Å². The lowest BCUT2D eigenvalue weighted by Gasteiger charge is -2.17. The first kappa shape index (κ1) is 17.1. The quantitative estimate of drug-likeness (QED) is 0.907. The van der Waals surface area contributed by atoms with Crippen molar-refractivity contribution in [1.82, 2.24) is 10.2 Å². The van der Waals surface area contributed by atoms with Crippen LogP contribution in [0.1, 0.15) is 22.3 Å². The van der Waals surface area contributed by atoms with Gasteiger partial charge in [-0.3, -0.25) is 9.59 Å². The smallest absolute Gasteiger partial charge is 0.254 e. The number of nitrogens with one attached hydrogen (secondary N) is 1. The molecule has 1 heterocycles. The van der Waals surface area contributed by atoms with Gasteiger partial charge in [0.2, 0.25) is 5.91 Å². The summed E-state index contributed by atoms with van der Waals surface area (Å²) in [5.41, 5.74) is 0.848. The van der Waals surface area contributed by atoms with Gasteiger partial charge in [-0.2, -0.15) is 0 Å². The highest BCUT2D eigenvalue weighted by Gasteiger charge is 2.29. The van der Waals surface area contributed by atoms with E-state index >= 15 is 0 Å². The van der Waals surface area contributed by atoms with Crippen LogP contribution in [0.5, 0.6) is 0 Å². The number of hydrogen-bond donors (Lipinski definition) is 1. The highest BCUT2D eigenvalue weighted by molar-refractivity contribution is 5.94. The minimum absolute atomic E-state index is 0.0244. The molecule has 1 unspecified atom stereocenters. The summed E-state index contributed by atoms with van der Waals surface area (Å²) in [5, 5.41) is 2.63. The van der Waals surface area contributed by atoms with Gasteiger partial charge in [0.15, 0.2) is 0 Å². The van der Waals surface area contributed by atoms with Gasteiger partial charge in [0.25, 0.3) is 5.91 Å². The molecule has 0 radical (unpaired) electrons. The van der Waals surface area contributed by atoms with Gasteiger partial charge in [0.05, 0.1) is 5.56 Å². The Morgan fingerprint density at radius 3 is 2.64 bits per heavy atom. The molecule has 4 nitrogen and oxygen atoms in total. The fourth-order valence-corrected chi connectivity index (χ4v) is 2.95. The van der Waals surface area contributed by atoms with E-state index in [1.807, 2.05) is 30.3 Å². The van der Waals surface area contributed by atoms with Crippen molar-refractivity contribution in [3.8, 4) is 0 Å². The van der Waals surface area contributed by atoms with Crippen LogP contribution in [0.25, 0.3) is 0 Å². The molecule has 0 aromatic heterocycles. The molecular weight excluding hydrogens is 326 g/mol. The number of carbonyl (C=O) groups is 2. The summed E-state index contributed by atoms with van der Waals surface area (Å²) < 4.78 is 26.5. The Balaban J connectivity index is 1.54. The minimum atomic E-state index is -0.897. The molecule has 130 valence electrons. The molecule has 0 spiro atoms. The first-order valence-corrected chi connectivity index (χ1v) is 8.08.